The van der Waals surface area contributed by atoms with Gasteiger partial charge in [-0.3, -0.25) is 9.69 Å². The predicted octanol–water partition coefficient (Wildman–Crippen LogP) is 4.80. The van der Waals surface area contributed by atoms with Gasteiger partial charge in [0.15, 0.2) is 0 Å². The van der Waals surface area contributed by atoms with E-state index in [0.29, 0.717) is 12.5 Å². The molecule has 0 aromatic heterocycles. The summed E-state index contributed by atoms with van der Waals surface area (Å²) in [4.78, 5) is 20.2. The predicted molar refractivity (Wildman–Crippen MR) is 138 cm³/mol. The summed E-state index contributed by atoms with van der Waals surface area (Å²) in [6.45, 7) is 8.90. The minimum absolute atomic E-state index is 0.158. The summed E-state index contributed by atoms with van der Waals surface area (Å²) in [6, 6.07) is 23.4. The van der Waals surface area contributed by atoms with Gasteiger partial charge in [-0.1, -0.05) is 54.6 Å². The molecule has 0 spiro atoms. The molecule has 2 aliphatic heterocycles. The number of fused-ring (bicyclic) bond motifs is 1. The molecule has 5 rings (SSSR count). The summed E-state index contributed by atoms with van der Waals surface area (Å²) in [6.07, 6.45) is 1.91. The molecule has 0 unspecified atom stereocenters. The van der Waals surface area contributed by atoms with E-state index < -0.39 is 0 Å². The Morgan fingerprint density at radius 2 is 1.56 bits per heavy atom. The molecule has 0 bridgehead atoms. The maximum atomic E-state index is 13.3. The molecular weight excluding hydrogens is 422 g/mol. The zero-order valence-electron chi connectivity index (χ0n) is 20.2. The Kier molecular flexibility index (Phi) is 7.00. The first kappa shape index (κ1) is 22.7. The molecule has 0 N–H and O–H groups in total. The van der Waals surface area contributed by atoms with Crippen LogP contribution in [-0.4, -0.2) is 61.6 Å². The Balaban J connectivity index is 1.13. The van der Waals surface area contributed by atoms with Gasteiger partial charge in [-0.2, -0.15) is 0 Å². The highest BCUT2D eigenvalue weighted by Gasteiger charge is 2.31. The second-order valence-corrected chi connectivity index (χ2v) is 9.40. The number of amides is 1. The maximum Gasteiger partial charge on any atom is 0.225 e. The number of ether oxygens (including phenoxy) is 1. The molecule has 2 aliphatic rings. The van der Waals surface area contributed by atoms with E-state index in [9.17, 15) is 4.79 Å². The third-order valence-corrected chi connectivity index (χ3v) is 7.31. The van der Waals surface area contributed by atoms with Crippen LogP contribution in [-0.2, 0) is 11.3 Å². The van der Waals surface area contributed by atoms with Gasteiger partial charge in [-0.25, -0.2) is 0 Å². The second-order valence-electron chi connectivity index (χ2n) is 9.40. The molecule has 5 heteroatoms. The third-order valence-electron chi connectivity index (χ3n) is 7.31. The number of anilines is 1. The molecule has 2 heterocycles. The third kappa shape index (κ3) is 4.90. The molecule has 2 saturated heterocycles. The average molecular weight is 458 g/mol. The zero-order chi connectivity index (χ0) is 23.3. The standard InChI is InChI=1S/C29H35N3O2/c1-2-34-28-13-6-5-12-27(28)31-18-20-32(21-19-31)29(33)24-14-16-30(17-15-24)22-25-10-7-9-23-8-3-4-11-26(23)25/h3-13,24H,2,14-22H2,1H3. The lowest BCUT2D eigenvalue weighted by Crippen LogP contribution is -2.51. The molecule has 1 amide bonds. The summed E-state index contributed by atoms with van der Waals surface area (Å²) >= 11 is 0. The van der Waals surface area contributed by atoms with Crippen LogP contribution >= 0.6 is 0 Å². The van der Waals surface area contributed by atoms with Crippen molar-refractivity contribution in [2.45, 2.75) is 26.3 Å². The Bertz CT molecular complexity index is 1110. The SMILES string of the molecule is CCOc1ccccc1N1CCN(C(=O)C2CCN(Cc3cccc4ccccc34)CC2)CC1. The largest absolute Gasteiger partial charge is 0.492 e. The van der Waals surface area contributed by atoms with Gasteiger partial charge in [0.25, 0.3) is 0 Å². The smallest absolute Gasteiger partial charge is 0.225 e. The van der Waals surface area contributed by atoms with E-state index in [1.807, 2.05) is 19.1 Å². The van der Waals surface area contributed by atoms with Crippen molar-refractivity contribution in [1.29, 1.82) is 0 Å². The minimum atomic E-state index is 0.158. The number of benzene rings is 3. The summed E-state index contributed by atoms with van der Waals surface area (Å²) in [5.74, 6) is 1.44. The number of rotatable bonds is 6. The maximum absolute atomic E-state index is 13.3. The van der Waals surface area contributed by atoms with Crippen molar-refractivity contribution in [2.24, 2.45) is 5.92 Å². The van der Waals surface area contributed by atoms with Crippen molar-refractivity contribution >= 4 is 22.4 Å². The molecule has 5 nitrogen and oxygen atoms in total. The Morgan fingerprint density at radius 3 is 2.35 bits per heavy atom. The highest BCUT2D eigenvalue weighted by Crippen LogP contribution is 2.30. The van der Waals surface area contributed by atoms with Crippen molar-refractivity contribution in [3.8, 4) is 5.75 Å². The van der Waals surface area contributed by atoms with Crippen LogP contribution in [0.1, 0.15) is 25.3 Å². The second kappa shape index (κ2) is 10.5. The molecule has 0 radical (unpaired) electrons. The van der Waals surface area contributed by atoms with Crippen LogP contribution in [0.2, 0.25) is 0 Å². The van der Waals surface area contributed by atoms with Gasteiger partial charge in [0.05, 0.1) is 12.3 Å². The van der Waals surface area contributed by atoms with E-state index in [0.717, 1.165) is 70.1 Å². The normalized spacial score (nSPS) is 17.8. The number of hydrogen-bond donors (Lipinski definition) is 0. The van der Waals surface area contributed by atoms with E-state index in [2.05, 4.69) is 69.3 Å². The summed E-state index contributed by atoms with van der Waals surface area (Å²) in [7, 11) is 0. The lowest BCUT2D eigenvalue weighted by molar-refractivity contribution is -0.137. The fraction of sp³-hybridized carbons (Fsp3) is 0.414. The van der Waals surface area contributed by atoms with Crippen LogP contribution in [0.3, 0.4) is 0 Å². The highest BCUT2D eigenvalue weighted by molar-refractivity contribution is 5.85. The van der Waals surface area contributed by atoms with Crippen molar-refractivity contribution in [2.75, 3.05) is 50.8 Å². The van der Waals surface area contributed by atoms with Gasteiger partial charge in [0.1, 0.15) is 5.75 Å². The van der Waals surface area contributed by atoms with E-state index in [4.69, 9.17) is 4.74 Å². The van der Waals surface area contributed by atoms with Crippen molar-refractivity contribution in [3.63, 3.8) is 0 Å². The van der Waals surface area contributed by atoms with E-state index in [1.54, 1.807) is 0 Å². The number of carbonyl (C=O) groups is 1. The number of hydrogen-bond acceptors (Lipinski definition) is 4. The first-order chi connectivity index (χ1) is 16.7. The number of piperidine rings is 1. The quantitative estimate of drug-likeness (QED) is 0.533. The van der Waals surface area contributed by atoms with Crippen molar-refractivity contribution in [3.05, 3.63) is 72.3 Å². The van der Waals surface area contributed by atoms with Gasteiger partial charge in [-0.05, 0) is 61.3 Å². The topological polar surface area (TPSA) is 36.0 Å². The number of likely N-dealkylation sites (tertiary alicyclic amines) is 1. The summed E-state index contributed by atoms with van der Waals surface area (Å²) in [5, 5.41) is 2.64. The molecule has 34 heavy (non-hydrogen) atoms. The van der Waals surface area contributed by atoms with Gasteiger partial charge in [0, 0.05) is 38.6 Å². The number of para-hydroxylation sites is 2. The first-order valence-electron chi connectivity index (χ1n) is 12.7. The molecule has 0 atom stereocenters. The van der Waals surface area contributed by atoms with E-state index in [1.165, 1.54) is 16.3 Å². The monoisotopic (exact) mass is 457 g/mol. The lowest BCUT2D eigenvalue weighted by atomic mass is 9.94. The first-order valence-corrected chi connectivity index (χ1v) is 12.7. The molecular formula is C29H35N3O2. The van der Waals surface area contributed by atoms with Crippen LogP contribution in [0.25, 0.3) is 10.8 Å². The van der Waals surface area contributed by atoms with Crippen molar-refractivity contribution in [1.82, 2.24) is 9.80 Å². The number of nitrogens with zero attached hydrogens (tertiary/aromatic N) is 3. The number of carbonyl (C=O) groups excluding carboxylic acids is 1. The van der Waals surface area contributed by atoms with Crippen LogP contribution in [0.15, 0.2) is 66.7 Å². The van der Waals surface area contributed by atoms with Gasteiger partial charge >= 0.3 is 0 Å². The van der Waals surface area contributed by atoms with Gasteiger partial charge in [-0.15, -0.1) is 0 Å². The highest BCUT2D eigenvalue weighted by atomic mass is 16.5. The molecule has 2 fully saturated rings. The molecule has 3 aromatic rings. The Morgan fingerprint density at radius 1 is 0.853 bits per heavy atom. The Hall–Kier alpha value is -3.05. The van der Waals surface area contributed by atoms with Crippen LogP contribution in [0.4, 0.5) is 5.69 Å². The average Bonchev–Trinajstić information content (AvgIpc) is 2.90. The van der Waals surface area contributed by atoms with Crippen LogP contribution < -0.4 is 9.64 Å². The summed E-state index contributed by atoms with van der Waals surface area (Å²) < 4.78 is 5.81. The fourth-order valence-corrected chi connectivity index (χ4v) is 5.43. The molecule has 3 aromatic carbocycles. The molecule has 178 valence electrons. The Labute approximate surface area is 202 Å². The molecule has 0 aliphatic carbocycles. The van der Waals surface area contributed by atoms with Crippen LogP contribution in [0.5, 0.6) is 5.75 Å². The molecule has 0 saturated carbocycles. The summed E-state index contributed by atoms with van der Waals surface area (Å²) in [5.41, 5.74) is 2.52. The number of piperazine rings is 1. The van der Waals surface area contributed by atoms with Crippen molar-refractivity contribution < 1.29 is 9.53 Å². The minimum Gasteiger partial charge on any atom is -0.492 e. The van der Waals surface area contributed by atoms with E-state index >= 15 is 0 Å². The van der Waals surface area contributed by atoms with Crippen LogP contribution in [0, 0.1) is 5.92 Å². The van der Waals surface area contributed by atoms with E-state index in [-0.39, 0.29) is 5.92 Å². The lowest BCUT2D eigenvalue weighted by Gasteiger charge is -2.39. The zero-order valence-corrected chi connectivity index (χ0v) is 20.2. The van der Waals surface area contributed by atoms with Gasteiger partial charge < -0.3 is 14.5 Å². The fourth-order valence-electron chi connectivity index (χ4n) is 5.43. The van der Waals surface area contributed by atoms with Gasteiger partial charge in [0.2, 0.25) is 5.91 Å².